The summed E-state index contributed by atoms with van der Waals surface area (Å²) in [5.41, 5.74) is 6.21. The molecular weight excluding hydrogens is 321 g/mol. The van der Waals surface area contributed by atoms with Gasteiger partial charge in [-0.2, -0.15) is 4.98 Å². The van der Waals surface area contributed by atoms with Gasteiger partial charge < -0.3 is 15.2 Å². The molecule has 2 aromatic rings. The third kappa shape index (κ3) is 2.83. The van der Waals surface area contributed by atoms with E-state index in [4.69, 9.17) is 26.8 Å². The predicted octanol–water partition coefficient (Wildman–Crippen LogP) is 3.28. The average molecular weight is 331 g/mol. The fourth-order valence-corrected chi connectivity index (χ4v) is 1.74. The molecule has 2 rings (SSSR count). The minimum atomic E-state index is 0.129. The van der Waals surface area contributed by atoms with Crippen LogP contribution in [0.2, 0.25) is 5.02 Å². The number of aromatic nitrogens is 2. The van der Waals surface area contributed by atoms with Crippen molar-refractivity contribution >= 4 is 33.2 Å². The van der Waals surface area contributed by atoms with Crippen LogP contribution in [-0.4, -0.2) is 17.1 Å². The maximum absolute atomic E-state index is 5.86. The highest BCUT2D eigenvalue weighted by atomic mass is 79.9. The van der Waals surface area contributed by atoms with E-state index in [1.807, 2.05) is 0 Å². The van der Waals surface area contributed by atoms with Gasteiger partial charge in [0.2, 0.25) is 5.88 Å². The fraction of sp³-hybridized carbons (Fsp3) is 0.0909. The number of hydrogen-bond donors (Lipinski definition) is 1. The molecule has 0 aliphatic heterocycles. The minimum absolute atomic E-state index is 0.129. The lowest BCUT2D eigenvalue weighted by Gasteiger charge is -2.08. The van der Waals surface area contributed by atoms with Crippen molar-refractivity contribution in [3.8, 4) is 17.6 Å². The second kappa shape index (κ2) is 5.41. The van der Waals surface area contributed by atoms with Gasteiger partial charge in [-0.3, -0.25) is 0 Å². The quantitative estimate of drug-likeness (QED) is 0.875. The molecule has 2 N–H and O–H groups in total. The highest BCUT2D eigenvalue weighted by Gasteiger charge is 2.09. The Kier molecular flexibility index (Phi) is 3.88. The van der Waals surface area contributed by atoms with Crippen LogP contribution in [0.4, 0.5) is 5.69 Å². The summed E-state index contributed by atoms with van der Waals surface area (Å²) in [6.45, 7) is 0. The van der Waals surface area contributed by atoms with Gasteiger partial charge in [0, 0.05) is 11.1 Å². The minimum Gasteiger partial charge on any atom is -0.480 e. The third-order valence-corrected chi connectivity index (χ3v) is 2.84. The van der Waals surface area contributed by atoms with Gasteiger partial charge in [-0.1, -0.05) is 11.6 Å². The molecule has 5 nitrogen and oxygen atoms in total. The molecule has 0 amide bonds. The van der Waals surface area contributed by atoms with E-state index in [2.05, 4.69) is 25.9 Å². The Balaban J connectivity index is 2.31. The monoisotopic (exact) mass is 329 g/mol. The summed E-state index contributed by atoms with van der Waals surface area (Å²) in [7, 11) is 1.50. The van der Waals surface area contributed by atoms with Gasteiger partial charge >= 0.3 is 6.01 Å². The van der Waals surface area contributed by atoms with E-state index in [1.54, 1.807) is 18.2 Å². The van der Waals surface area contributed by atoms with Crippen molar-refractivity contribution in [3.05, 3.63) is 33.9 Å². The Morgan fingerprint density at radius 1 is 1.39 bits per heavy atom. The number of nitrogens with two attached hydrogens (primary N) is 1. The van der Waals surface area contributed by atoms with Gasteiger partial charge in [-0.15, -0.1) is 0 Å². The number of benzene rings is 1. The molecule has 94 valence electrons. The van der Waals surface area contributed by atoms with Gasteiger partial charge in [0.25, 0.3) is 0 Å². The van der Waals surface area contributed by atoms with E-state index in [-0.39, 0.29) is 6.01 Å². The van der Waals surface area contributed by atoms with E-state index in [1.165, 1.54) is 13.3 Å². The van der Waals surface area contributed by atoms with Gasteiger partial charge in [-0.05, 0) is 28.1 Å². The van der Waals surface area contributed by atoms with Crippen LogP contribution in [0.1, 0.15) is 0 Å². The highest BCUT2D eigenvalue weighted by molar-refractivity contribution is 9.10. The first kappa shape index (κ1) is 12.9. The predicted molar refractivity (Wildman–Crippen MR) is 72.2 cm³/mol. The van der Waals surface area contributed by atoms with Crippen molar-refractivity contribution < 1.29 is 9.47 Å². The first-order valence-electron chi connectivity index (χ1n) is 4.89. The topological polar surface area (TPSA) is 70.3 Å². The van der Waals surface area contributed by atoms with Crippen LogP contribution in [0.3, 0.4) is 0 Å². The standard InChI is InChI=1S/C11H9BrClN3O2/c1-17-10-7(12)5-15-11(16-10)18-9-4-6(13)2-3-8(9)14/h2-5H,14H2,1H3. The molecule has 1 aromatic heterocycles. The summed E-state index contributed by atoms with van der Waals surface area (Å²) in [6.07, 6.45) is 1.53. The largest absolute Gasteiger partial charge is 0.480 e. The molecule has 0 saturated carbocycles. The van der Waals surface area contributed by atoms with Crippen LogP contribution >= 0.6 is 27.5 Å². The van der Waals surface area contributed by atoms with Crippen LogP contribution in [0.5, 0.6) is 17.6 Å². The lowest BCUT2D eigenvalue weighted by molar-refractivity contribution is 0.374. The second-order valence-corrected chi connectivity index (χ2v) is 4.58. The van der Waals surface area contributed by atoms with Crippen molar-refractivity contribution in [2.24, 2.45) is 0 Å². The van der Waals surface area contributed by atoms with Crippen LogP contribution in [0.25, 0.3) is 0 Å². The number of methoxy groups -OCH3 is 1. The van der Waals surface area contributed by atoms with Crippen LogP contribution in [0.15, 0.2) is 28.9 Å². The zero-order valence-electron chi connectivity index (χ0n) is 9.35. The summed E-state index contributed by atoms with van der Waals surface area (Å²) in [6, 6.07) is 5.04. The Bertz CT molecular complexity index is 580. The van der Waals surface area contributed by atoms with Gasteiger partial charge in [0.1, 0.15) is 0 Å². The molecule has 0 aliphatic rings. The van der Waals surface area contributed by atoms with Crippen LogP contribution < -0.4 is 15.2 Å². The molecular formula is C11H9BrClN3O2. The molecule has 0 fully saturated rings. The molecule has 0 radical (unpaired) electrons. The van der Waals surface area contributed by atoms with E-state index in [9.17, 15) is 0 Å². The molecule has 0 bridgehead atoms. The van der Waals surface area contributed by atoms with Gasteiger partial charge in [0.05, 0.1) is 23.5 Å². The van der Waals surface area contributed by atoms with Crippen molar-refractivity contribution in [1.29, 1.82) is 0 Å². The van der Waals surface area contributed by atoms with E-state index < -0.39 is 0 Å². The summed E-state index contributed by atoms with van der Waals surface area (Å²) in [5, 5.41) is 0.517. The fourth-order valence-electron chi connectivity index (χ4n) is 1.22. The Hall–Kier alpha value is -1.53. The number of rotatable bonds is 3. The van der Waals surface area contributed by atoms with E-state index >= 15 is 0 Å². The SMILES string of the molecule is COc1nc(Oc2cc(Cl)ccc2N)ncc1Br. The molecule has 1 heterocycles. The number of ether oxygens (including phenoxy) is 2. The molecule has 0 aliphatic carbocycles. The first-order valence-corrected chi connectivity index (χ1v) is 6.06. The second-order valence-electron chi connectivity index (χ2n) is 3.29. The molecule has 18 heavy (non-hydrogen) atoms. The summed E-state index contributed by atoms with van der Waals surface area (Å²) < 4.78 is 11.1. The van der Waals surface area contributed by atoms with Crippen molar-refractivity contribution in [2.45, 2.75) is 0 Å². The molecule has 0 atom stereocenters. The Morgan fingerprint density at radius 2 is 2.17 bits per heavy atom. The van der Waals surface area contributed by atoms with Gasteiger partial charge in [0.15, 0.2) is 5.75 Å². The number of anilines is 1. The maximum atomic E-state index is 5.86. The van der Waals surface area contributed by atoms with E-state index in [0.717, 1.165) is 0 Å². The number of halogens is 2. The van der Waals surface area contributed by atoms with Gasteiger partial charge in [-0.25, -0.2) is 4.98 Å². The molecule has 0 saturated heterocycles. The maximum Gasteiger partial charge on any atom is 0.325 e. The third-order valence-electron chi connectivity index (χ3n) is 2.06. The normalized spacial score (nSPS) is 10.2. The number of hydrogen-bond acceptors (Lipinski definition) is 5. The Morgan fingerprint density at radius 3 is 2.89 bits per heavy atom. The highest BCUT2D eigenvalue weighted by Crippen LogP contribution is 2.30. The number of nitrogen functional groups attached to an aromatic ring is 1. The van der Waals surface area contributed by atoms with Crippen LogP contribution in [-0.2, 0) is 0 Å². The van der Waals surface area contributed by atoms with Crippen molar-refractivity contribution in [1.82, 2.24) is 9.97 Å². The van der Waals surface area contributed by atoms with Crippen LogP contribution in [0, 0.1) is 0 Å². The summed E-state index contributed by atoms with van der Waals surface area (Å²) in [4.78, 5) is 8.05. The Labute approximate surface area is 117 Å². The average Bonchev–Trinajstić information content (AvgIpc) is 2.36. The molecule has 1 aromatic carbocycles. The summed E-state index contributed by atoms with van der Waals surface area (Å²) >= 11 is 9.11. The smallest absolute Gasteiger partial charge is 0.325 e. The zero-order valence-corrected chi connectivity index (χ0v) is 11.7. The molecule has 7 heteroatoms. The zero-order chi connectivity index (χ0) is 13.1. The lowest BCUT2D eigenvalue weighted by atomic mass is 10.3. The van der Waals surface area contributed by atoms with Crippen molar-refractivity contribution in [3.63, 3.8) is 0 Å². The molecule has 0 spiro atoms. The first-order chi connectivity index (χ1) is 8.60. The van der Waals surface area contributed by atoms with E-state index in [0.29, 0.717) is 26.8 Å². The molecule has 0 unspecified atom stereocenters. The van der Waals surface area contributed by atoms with Crippen molar-refractivity contribution in [2.75, 3.05) is 12.8 Å². The summed E-state index contributed by atoms with van der Waals surface area (Å²) in [5.74, 6) is 0.771. The number of nitrogens with zero attached hydrogens (tertiary/aromatic N) is 2. The lowest BCUT2D eigenvalue weighted by Crippen LogP contribution is -1.98.